The van der Waals surface area contributed by atoms with Crippen LogP contribution in [0.15, 0.2) is 0 Å². The molecule has 6 heteroatoms. The number of aromatic amines is 1. The number of H-pyrrole nitrogens is 1. The summed E-state index contributed by atoms with van der Waals surface area (Å²) in [4.78, 5) is 16.8. The number of nitrogens with two attached hydrogens (primary N) is 1. The lowest BCUT2D eigenvalue weighted by atomic mass is 10.1. The molecule has 0 aromatic carbocycles. The lowest BCUT2D eigenvalue weighted by Gasteiger charge is -2.38. The molecular weight excluding hydrogens is 254 g/mol. The van der Waals surface area contributed by atoms with Crippen molar-refractivity contribution in [2.45, 2.75) is 38.1 Å². The molecule has 1 saturated carbocycles. The van der Waals surface area contributed by atoms with E-state index in [9.17, 15) is 4.79 Å². The predicted molar refractivity (Wildman–Crippen MR) is 77.6 cm³/mol. The van der Waals surface area contributed by atoms with Crippen molar-refractivity contribution < 1.29 is 4.79 Å². The summed E-state index contributed by atoms with van der Waals surface area (Å²) >= 11 is 0. The number of nitrogens with zero attached hydrogens (tertiary/aromatic N) is 3. The molecule has 20 heavy (non-hydrogen) atoms. The van der Waals surface area contributed by atoms with Crippen molar-refractivity contribution in [2.75, 3.05) is 32.4 Å². The molecule has 0 radical (unpaired) electrons. The van der Waals surface area contributed by atoms with Gasteiger partial charge in [0, 0.05) is 31.6 Å². The monoisotopic (exact) mass is 277 g/mol. The number of aromatic nitrogens is 2. The number of nitrogens with one attached hydrogen (secondary N) is 1. The Hall–Kier alpha value is -1.56. The van der Waals surface area contributed by atoms with Gasteiger partial charge < -0.3 is 10.6 Å². The fraction of sp³-hybridized carbons (Fsp3) is 0.714. The third-order valence-electron chi connectivity index (χ3n) is 4.56. The summed E-state index contributed by atoms with van der Waals surface area (Å²) in [6, 6.07) is 0.427. The summed E-state index contributed by atoms with van der Waals surface area (Å²) in [5.74, 6) is 0.456. The zero-order valence-corrected chi connectivity index (χ0v) is 12.2. The van der Waals surface area contributed by atoms with E-state index in [2.05, 4.69) is 29.1 Å². The van der Waals surface area contributed by atoms with E-state index >= 15 is 0 Å². The van der Waals surface area contributed by atoms with Crippen LogP contribution in [0.25, 0.3) is 0 Å². The topological polar surface area (TPSA) is 78.2 Å². The minimum Gasteiger partial charge on any atom is -0.395 e. The van der Waals surface area contributed by atoms with E-state index in [1.54, 1.807) is 0 Å². The van der Waals surface area contributed by atoms with E-state index in [1.807, 2.05) is 4.90 Å². The van der Waals surface area contributed by atoms with E-state index in [0.29, 0.717) is 23.3 Å². The first-order valence-electron chi connectivity index (χ1n) is 7.45. The first-order valence-corrected chi connectivity index (χ1v) is 7.45. The molecule has 0 bridgehead atoms. The molecule has 3 rings (SSSR count). The fourth-order valence-electron chi connectivity index (χ4n) is 2.93. The quantitative estimate of drug-likeness (QED) is 0.865. The van der Waals surface area contributed by atoms with Crippen molar-refractivity contribution >= 4 is 11.6 Å². The Labute approximate surface area is 119 Å². The number of likely N-dealkylation sites (N-methyl/N-ethyl adjacent to an activating group) is 1. The van der Waals surface area contributed by atoms with Crippen LogP contribution in [-0.4, -0.2) is 58.6 Å². The van der Waals surface area contributed by atoms with Crippen LogP contribution in [0.5, 0.6) is 0 Å². The highest BCUT2D eigenvalue weighted by atomic mass is 16.2. The Morgan fingerprint density at radius 3 is 2.85 bits per heavy atom. The minimum absolute atomic E-state index is 0.0304. The number of amides is 1. The molecule has 1 saturated heterocycles. The summed E-state index contributed by atoms with van der Waals surface area (Å²) in [6.07, 6.45) is 3.34. The van der Waals surface area contributed by atoms with Crippen LogP contribution >= 0.6 is 0 Å². The highest BCUT2D eigenvalue weighted by molar-refractivity contribution is 5.97. The summed E-state index contributed by atoms with van der Waals surface area (Å²) in [5, 5.41) is 7.12. The lowest BCUT2D eigenvalue weighted by Crippen LogP contribution is -2.53. The van der Waals surface area contributed by atoms with Gasteiger partial charge in [-0.3, -0.25) is 14.8 Å². The van der Waals surface area contributed by atoms with Gasteiger partial charge in [0.05, 0.1) is 11.4 Å². The van der Waals surface area contributed by atoms with Gasteiger partial charge in [0.1, 0.15) is 0 Å². The maximum absolute atomic E-state index is 12.6. The smallest absolute Gasteiger partial charge is 0.276 e. The van der Waals surface area contributed by atoms with Crippen molar-refractivity contribution in [2.24, 2.45) is 0 Å². The summed E-state index contributed by atoms with van der Waals surface area (Å²) in [6.45, 7) is 4.57. The lowest BCUT2D eigenvalue weighted by molar-refractivity contribution is 0.0537. The van der Waals surface area contributed by atoms with E-state index in [1.165, 1.54) is 0 Å². The fourth-order valence-corrected chi connectivity index (χ4v) is 2.93. The Balaban J connectivity index is 1.75. The molecular formula is C14H23N5O. The maximum atomic E-state index is 12.6. The SMILES string of the molecule is CCC1CN(C(=O)c2n[nH]c(C3CC3)c2N)CCN1C. The van der Waals surface area contributed by atoms with Crippen LogP contribution in [-0.2, 0) is 0 Å². The number of rotatable bonds is 3. The van der Waals surface area contributed by atoms with Crippen LogP contribution in [0.1, 0.15) is 48.3 Å². The second-order valence-corrected chi connectivity index (χ2v) is 5.97. The van der Waals surface area contributed by atoms with Crippen LogP contribution in [0.3, 0.4) is 0 Å². The Morgan fingerprint density at radius 2 is 2.20 bits per heavy atom. The van der Waals surface area contributed by atoms with Crippen LogP contribution in [0, 0.1) is 0 Å². The van der Waals surface area contributed by atoms with Gasteiger partial charge in [-0.15, -0.1) is 0 Å². The van der Waals surface area contributed by atoms with Gasteiger partial charge in [-0.05, 0) is 26.3 Å². The second kappa shape index (κ2) is 5.09. The zero-order valence-electron chi connectivity index (χ0n) is 12.2. The number of hydrogen-bond donors (Lipinski definition) is 2. The summed E-state index contributed by atoms with van der Waals surface area (Å²) in [5.41, 5.74) is 8.02. The molecule has 110 valence electrons. The molecule has 2 aliphatic rings. The van der Waals surface area contributed by atoms with Crippen LogP contribution in [0.2, 0.25) is 0 Å². The minimum atomic E-state index is -0.0304. The second-order valence-electron chi connectivity index (χ2n) is 5.97. The highest BCUT2D eigenvalue weighted by Crippen LogP contribution is 2.42. The molecule has 6 nitrogen and oxygen atoms in total. The third kappa shape index (κ3) is 2.28. The van der Waals surface area contributed by atoms with Gasteiger partial charge in [-0.1, -0.05) is 6.92 Å². The normalized spacial score (nSPS) is 24.1. The Bertz CT molecular complexity index is 508. The van der Waals surface area contributed by atoms with Crippen LogP contribution < -0.4 is 5.73 Å². The number of nitrogen functional groups attached to an aromatic ring is 1. The van der Waals surface area contributed by atoms with Gasteiger partial charge in [0.2, 0.25) is 0 Å². The van der Waals surface area contributed by atoms with Crippen LogP contribution in [0.4, 0.5) is 5.69 Å². The molecule has 2 fully saturated rings. The molecule has 1 amide bonds. The molecule has 1 aliphatic heterocycles. The average molecular weight is 277 g/mol. The molecule has 3 N–H and O–H groups in total. The van der Waals surface area contributed by atoms with E-state index in [0.717, 1.165) is 44.6 Å². The Kier molecular flexibility index (Phi) is 3.41. The van der Waals surface area contributed by atoms with E-state index in [-0.39, 0.29) is 5.91 Å². The zero-order chi connectivity index (χ0) is 14.3. The maximum Gasteiger partial charge on any atom is 0.276 e. The van der Waals surface area contributed by atoms with Gasteiger partial charge in [-0.2, -0.15) is 5.10 Å². The van der Waals surface area contributed by atoms with Gasteiger partial charge in [0.25, 0.3) is 5.91 Å². The molecule has 1 atom stereocenters. The molecule has 1 aliphatic carbocycles. The van der Waals surface area contributed by atoms with Gasteiger partial charge >= 0.3 is 0 Å². The molecule has 1 aromatic heterocycles. The van der Waals surface area contributed by atoms with Crippen molar-refractivity contribution in [1.82, 2.24) is 20.0 Å². The van der Waals surface area contributed by atoms with Crippen molar-refractivity contribution in [3.8, 4) is 0 Å². The number of anilines is 1. The number of piperazine rings is 1. The molecule has 0 spiro atoms. The first-order chi connectivity index (χ1) is 9.61. The largest absolute Gasteiger partial charge is 0.395 e. The Morgan fingerprint density at radius 1 is 1.45 bits per heavy atom. The molecule has 2 heterocycles. The molecule has 1 unspecified atom stereocenters. The van der Waals surface area contributed by atoms with Gasteiger partial charge in [-0.25, -0.2) is 0 Å². The predicted octanol–water partition coefficient (Wildman–Crippen LogP) is 1.04. The van der Waals surface area contributed by atoms with Crippen molar-refractivity contribution in [1.29, 1.82) is 0 Å². The van der Waals surface area contributed by atoms with Crippen molar-refractivity contribution in [3.63, 3.8) is 0 Å². The van der Waals surface area contributed by atoms with E-state index < -0.39 is 0 Å². The molecule has 1 aromatic rings. The van der Waals surface area contributed by atoms with E-state index in [4.69, 9.17) is 5.73 Å². The number of hydrogen-bond acceptors (Lipinski definition) is 4. The first kappa shape index (κ1) is 13.4. The standard InChI is InChI=1S/C14H23N5O/c1-3-10-8-19(7-6-18(10)2)14(20)13-11(15)12(16-17-13)9-4-5-9/h9-10H,3-8,15H2,1-2H3,(H,16,17). The van der Waals surface area contributed by atoms with Crippen molar-refractivity contribution in [3.05, 3.63) is 11.4 Å². The average Bonchev–Trinajstić information content (AvgIpc) is 3.22. The number of carbonyl (C=O) groups excluding carboxylic acids is 1. The third-order valence-corrected chi connectivity index (χ3v) is 4.56. The van der Waals surface area contributed by atoms with Gasteiger partial charge in [0.15, 0.2) is 5.69 Å². The number of carbonyl (C=O) groups is 1. The highest BCUT2D eigenvalue weighted by Gasteiger charge is 2.33. The summed E-state index contributed by atoms with van der Waals surface area (Å²) < 4.78 is 0. The summed E-state index contributed by atoms with van der Waals surface area (Å²) in [7, 11) is 2.12.